The first-order valence-corrected chi connectivity index (χ1v) is 7.93. The van der Waals surface area contributed by atoms with Gasteiger partial charge in [-0.05, 0) is 37.0 Å². The van der Waals surface area contributed by atoms with E-state index in [1.165, 1.54) is 36.2 Å². The molecule has 0 saturated carbocycles. The summed E-state index contributed by atoms with van der Waals surface area (Å²) in [6.45, 7) is 6.77. The molecule has 0 bridgehead atoms. The summed E-state index contributed by atoms with van der Waals surface area (Å²) in [6.07, 6.45) is 8.03. The van der Waals surface area contributed by atoms with E-state index in [0.29, 0.717) is 0 Å². The van der Waals surface area contributed by atoms with E-state index in [1.807, 2.05) is 6.21 Å². The average molecular weight is 283 g/mol. The van der Waals surface area contributed by atoms with Gasteiger partial charge >= 0.3 is 0 Å². The number of piperidine rings is 1. The maximum atomic E-state index is 4.61. The molecular weight excluding hydrogens is 258 g/mol. The predicted molar refractivity (Wildman–Crippen MR) is 89.9 cm³/mol. The molecule has 2 aliphatic heterocycles. The lowest BCUT2D eigenvalue weighted by atomic mass is 9.84. The van der Waals surface area contributed by atoms with Crippen molar-refractivity contribution in [2.75, 3.05) is 25.0 Å². The van der Waals surface area contributed by atoms with E-state index in [1.54, 1.807) is 0 Å². The Hall–Kier alpha value is -1.77. The smallest absolute Gasteiger partial charge is 0.0488 e. The number of hydrazone groups is 1. The van der Waals surface area contributed by atoms with Crippen LogP contribution in [0.1, 0.15) is 38.7 Å². The second kappa shape index (κ2) is 5.55. The number of anilines is 1. The first kappa shape index (κ1) is 14.2. The number of hydrogen-bond acceptors (Lipinski definition) is 3. The Bertz CT molecular complexity index is 566. The number of likely N-dealkylation sites (N-methyl/N-ethyl adjacent to an activating group) is 1. The molecule has 0 radical (unpaired) electrons. The molecule has 0 aromatic heterocycles. The van der Waals surface area contributed by atoms with Crippen LogP contribution in [-0.2, 0) is 5.41 Å². The summed E-state index contributed by atoms with van der Waals surface area (Å²) in [5.41, 5.74) is 4.05. The van der Waals surface area contributed by atoms with Crippen LogP contribution in [0.2, 0.25) is 0 Å². The fourth-order valence-electron chi connectivity index (χ4n) is 3.49. The number of allylic oxidation sites excluding steroid dienone is 2. The third kappa shape index (κ3) is 2.57. The van der Waals surface area contributed by atoms with Crippen molar-refractivity contribution in [1.29, 1.82) is 0 Å². The molecule has 1 fully saturated rings. The Balaban J connectivity index is 1.82. The molecule has 0 N–H and O–H groups in total. The van der Waals surface area contributed by atoms with Crippen LogP contribution < -0.4 is 4.90 Å². The van der Waals surface area contributed by atoms with Crippen LogP contribution in [0, 0.1) is 0 Å². The molecule has 3 rings (SSSR count). The van der Waals surface area contributed by atoms with Gasteiger partial charge in [-0.1, -0.05) is 32.0 Å². The van der Waals surface area contributed by atoms with E-state index < -0.39 is 0 Å². The maximum Gasteiger partial charge on any atom is 0.0488 e. The lowest BCUT2D eigenvalue weighted by Gasteiger charge is -2.25. The molecule has 1 saturated heterocycles. The number of nitrogens with zero attached hydrogens (tertiary/aromatic N) is 3. The van der Waals surface area contributed by atoms with Gasteiger partial charge in [-0.25, -0.2) is 0 Å². The van der Waals surface area contributed by atoms with Crippen LogP contribution in [0.25, 0.3) is 0 Å². The van der Waals surface area contributed by atoms with Gasteiger partial charge in [-0.3, -0.25) is 5.01 Å². The van der Waals surface area contributed by atoms with Crippen molar-refractivity contribution in [1.82, 2.24) is 5.01 Å². The zero-order valence-corrected chi connectivity index (χ0v) is 13.3. The van der Waals surface area contributed by atoms with Crippen molar-refractivity contribution in [3.63, 3.8) is 0 Å². The third-order valence-electron chi connectivity index (χ3n) is 4.74. The van der Waals surface area contributed by atoms with Crippen LogP contribution in [0.4, 0.5) is 5.69 Å². The van der Waals surface area contributed by atoms with Crippen LogP contribution >= 0.6 is 0 Å². The molecule has 0 unspecified atom stereocenters. The molecule has 3 nitrogen and oxygen atoms in total. The van der Waals surface area contributed by atoms with Crippen molar-refractivity contribution < 1.29 is 0 Å². The Morgan fingerprint density at radius 2 is 1.81 bits per heavy atom. The van der Waals surface area contributed by atoms with E-state index in [2.05, 4.69) is 66.2 Å². The maximum absolute atomic E-state index is 4.61. The molecule has 0 atom stereocenters. The molecule has 0 spiro atoms. The Kier molecular flexibility index (Phi) is 3.75. The summed E-state index contributed by atoms with van der Waals surface area (Å²) in [7, 11) is 2.15. The van der Waals surface area contributed by atoms with Gasteiger partial charge in [-0.15, -0.1) is 0 Å². The van der Waals surface area contributed by atoms with Crippen LogP contribution in [0.15, 0.2) is 41.1 Å². The van der Waals surface area contributed by atoms with Gasteiger partial charge in [0, 0.05) is 43.2 Å². The summed E-state index contributed by atoms with van der Waals surface area (Å²) in [6, 6.07) is 8.66. The molecule has 2 heterocycles. The Morgan fingerprint density at radius 3 is 2.52 bits per heavy atom. The van der Waals surface area contributed by atoms with Crippen molar-refractivity contribution in [3.8, 4) is 0 Å². The molecule has 1 aromatic carbocycles. The van der Waals surface area contributed by atoms with Crippen LogP contribution in [0.3, 0.4) is 0 Å². The second-order valence-electron chi connectivity index (χ2n) is 6.53. The molecule has 3 heteroatoms. The summed E-state index contributed by atoms with van der Waals surface area (Å²) in [5, 5.41) is 6.80. The zero-order chi connectivity index (χ0) is 14.9. The van der Waals surface area contributed by atoms with Gasteiger partial charge in [0.1, 0.15) is 0 Å². The first-order valence-electron chi connectivity index (χ1n) is 7.93. The third-order valence-corrected chi connectivity index (χ3v) is 4.74. The average Bonchev–Trinajstić information content (AvgIpc) is 2.70. The highest BCUT2D eigenvalue weighted by molar-refractivity contribution is 5.79. The van der Waals surface area contributed by atoms with Crippen molar-refractivity contribution >= 4 is 11.9 Å². The molecule has 112 valence electrons. The minimum Gasteiger partial charge on any atom is -0.347 e. The predicted octanol–water partition coefficient (Wildman–Crippen LogP) is 3.77. The van der Waals surface area contributed by atoms with Gasteiger partial charge in [0.05, 0.1) is 0 Å². The van der Waals surface area contributed by atoms with Crippen molar-refractivity contribution in [2.45, 2.75) is 38.5 Å². The van der Waals surface area contributed by atoms with E-state index in [9.17, 15) is 0 Å². The Morgan fingerprint density at radius 1 is 1.10 bits per heavy atom. The topological polar surface area (TPSA) is 18.8 Å². The first-order chi connectivity index (χ1) is 10.1. The van der Waals surface area contributed by atoms with E-state index in [0.717, 1.165) is 13.1 Å². The molecule has 21 heavy (non-hydrogen) atoms. The molecule has 0 aliphatic carbocycles. The van der Waals surface area contributed by atoms with E-state index in [-0.39, 0.29) is 5.41 Å². The van der Waals surface area contributed by atoms with Crippen LogP contribution in [-0.4, -0.2) is 31.4 Å². The summed E-state index contributed by atoms with van der Waals surface area (Å²) >= 11 is 0. The zero-order valence-electron chi connectivity index (χ0n) is 13.3. The number of hydrogen-bond donors (Lipinski definition) is 0. The highest BCUT2D eigenvalue weighted by atomic mass is 15.4. The fourth-order valence-corrected chi connectivity index (χ4v) is 3.49. The highest BCUT2D eigenvalue weighted by Gasteiger charge is 2.37. The summed E-state index contributed by atoms with van der Waals surface area (Å²) in [5.74, 6) is 0. The number of benzene rings is 1. The minimum atomic E-state index is 0.0409. The summed E-state index contributed by atoms with van der Waals surface area (Å²) in [4.78, 5) is 2.29. The highest BCUT2D eigenvalue weighted by Crippen LogP contribution is 2.46. The normalized spacial score (nSPS) is 23.1. The number of fused-ring (bicyclic) bond motifs is 1. The number of para-hydroxylation sites is 1. The van der Waals surface area contributed by atoms with Crippen molar-refractivity contribution in [2.24, 2.45) is 5.10 Å². The van der Waals surface area contributed by atoms with E-state index in [4.69, 9.17) is 0 Å². The lowest BCUT2D eigenvalue weighted by Crippen LogP contribution is -2.25. The SMILES string of the molecule is CN1/C(=C\C=N/N2CCCCC2)C(C)(C)c2ccccc21. The standard InChI is InChI=1S/C18H25N3/c1-18(2)15-9-5-6-10-16(15)20(3)17(18)11-12-19-21-13-7-4-8-14-21/h5-6,9-12H,4,7-8,13-14H2,1-3H3/b17-11-,19-12-. The van der Waals surface area contributed by atoms with Gasteiger partial charge in [-0.2, -0.15) is 5.10 Å². The van der Waals surface area contributed by atoms with Gasteiger partial charge in [0.15, 0.2) is 0 Å². The Labute approximate surface area is 127 Å². The van der Waals surface area contributed by atoms with Gasteiger partial charge in [0.25, 0.3) is 0 Å². The monoisotopic (exact) mass is 283 g/mol. The molecule has 1 aromatic rings. The second-order valence-corrected chi connectivity index (χ2v) is 6.53. The molecule has 2 aliphatic rings. The van der Waals surface area contributed by atoms with Gasteiger partial charge in [0.2, 0.25) is 0 Å². The molecule has 0 amide bonds. The lowest BCUT2D eigenvalue weighted by molar-refractivity contribution is 0.240. The van der Waals surface area contributed by atoms with Gasteiger partial charge < -0.3 is 4.90 Å². The largest absolute Gasteiger partial charge is 0.347 e. The number of rotatable bonds is 2. The summed E-state index contributed by atoms with van der Waals surface area (Å²) < 4.78 is 0. The van der Waals surface area contributed by atoms with E-state index >= 15 is 0 Å². The minimum absolute atomic E-state index is 0.0409. The fraction of sp³-hybridized carbons (Fsp3) is 0.500. The van der Waals surface area contributed by atoms with Crippen molar-refractivity contribution in [3.05, 3.63) is 41.6 Å². The quantitative estimate of drug-likeness (QED) is 0.769. The van der Waals surface area contributed by atoms with Crippen LogP contribution in [0.5, 0.6) is 0 Å². The molecular formula is C18H25N3.